The molecule has 19 heavy (non-hydrogen) atoms. The Balaban J connectivity index is 3.17. The van der Waals surface area contributed by atoms with Crippen molar-refractivity contribution >= 4 is 11.8 Å². The lowest BCUT2D eigenvalue weighted by molar-refractivity contribution is 0.281. The van der Waals surface area contributed by atoms with Gasteiger partial charge in [0.1, 0.15) is 17.7 Å². The highest BCUT2D eigenvalue weighted by Gasteiger charge is 2.09. The number of hydrogen-bond acceptors (Lipinski definition) is 5. The molecule has 0 spiro atoms. The van der Waals surface area contributed by atoms with Crippen LogP contribution in [0.3, 0.4) is 0 Å². The van der Waals surface area contributed by atoms with Gasteiger partial charge in [-0.3, -0.25) is 0 Å². The van der Waals surface area contributed by atoms with Gasteiger partial charge in [0.2, 0.25) is 0 Å². The van der Waals surface area contributed by atoms with E-state index >= 15 is 0 Å². The maximum Gasteiger partial charge on any atom is 0.130 e. The molecule has 0 bridgehead atoms. The fourth-order valence-corrected chi connectivity index (χ4v) is 1.74. The van der Waals surface area contributed by atoms with E-state index in [4.69, 9.17) is 20.7 Å². The van der Waals surface area contributed by atoms with Crippen molar-refractivity contribution in [3.8, 4) is 12.1 Å². The molecule has 1 aromatic carbocycles. The van der Waals surface area contributed by atoms with Crippen LogP contribution in [0.2, 0.25) is 0 Å². The molecule has 0 heterocycles. The molecule has 0 unspecified atom stereocenters. The average Bonchev–Trinajstić information content (AvgIpc) is 2.45. The largest absolute Gasteiger partial charge is 0.395 e. The summed E-state index contributed by atoms with van der Waals surface area (Å²) in [5, 5.41) is 35.7. The Bertz CT molecular complexity index is 504. The van der Waals surface area contributed by atoms with Crippen molar-refractivity contribution < 1.29 is 10.2 Å². The van der Waals surface area contributed by atoms with Crippen LogP contribution in [0.15, 0.2) is 29.8 Å². The molecule has 5 nitrogen and oxygen atoms in total. The first kappa shape index (κ1) is 14.7. The molecule has 0 saturated carbocycles. The molecular weight excluding hydrogens is 242 g/mol. The summed E-state index contributed by atoms with van der Waals surface area (Å²) in [6, 6.07) is 10.9. The van der Waals surface area contributed by atoms with Gasteiger partial charge in [0.15, 0.2) is 0 Å². The standard InChI is InChI=1S/C14H15N3O2/c15-10-12(11-16)9-13-3-1-2-4-14(13)17(5-7-18)6-8-19/h1-4,9,18-19H,5-8H2. The van der Waals surface area contributed by atoms with Crippen LogP contribution >= 0.6 is 0 Å². The van der Waals surface area contributed by atoms with E-state index in [1.807, 2.05) is 24.3 Å². The summed E-state index contributed by atoms with van der Waals surface area (Å²) in [5.41, 5.74) is 1.50. The molecule has 5 heteroatoms. The third-order valence-corrected chi connectivity index (χ3v) is 2.56. The molecule has 2 N–H and O–H groups in total. The second-order valence-corrected chi connectivity index (χ2v) is 3.77. The normalized spacial score (nSPS) is 9.26. The molecule has 0 aromatic heterocycles. The van der Waals surface area contributed by atoms with Crippen molar-refractivity contribution in [3.05, 3.63) is 35.4 Å². The fraction of sp³-hybridized carbons (Fsp3) is 0.286. The summed E-state index contributed by atoms with van der Waals surface area (Å²) < 4.78 is 0. The van der Waals surface area contributed by atoms with Crippen molar-refractivity contribution in [2.75, 3.05) is 31.2 Å². The number of benzene rings is 1. The predicted octanol–water partition coefficient (Wildman–Crippen LogP) is 0.908. The highest BCUT2D eigenvalue weighted by atomic mass is 16.3. The SMILES string of the molecule is N#CC(C#N)=Cc1ccccc1N(CCO)CCO. The lowest BCUT2D eigenvalue weighted by atomic mass is 10.1. The van der Waals surface area contributed by atoms with Crippen molar-refractivity contribution in [1.29, 1.82) is 10.5 Å². The Morgan fingerprint density at radius 1 is 1.11 bits per heavy atom. The third kappa shape index (κ3) is 4.11. The number of aliphatic hydroxyl groups is 2. The van der Waals surface area contributed by atoms with Crippen molar-refractivity contribution in [2.45, 2.75) is 0 Å². The van der Waals surface area contributed by atoms with Crippen LogP contribution in [-0.2, 0) is 0 Å². The smallest absolute Gasteiger partial charge is 0.130 e. The van der Waals surface area contributed by atoms with Crippen LogP contribution < -0.4 is 4.90 Å². The molecule has 0 aliphatic carbocycles. The van der Waals surface area contributed by atoms with Gasteiger partial charge in [-0.15, -0.1) is 0 Å². The molecule has 98 valence electrons. The fourth-order valence-electron chi connectivity index (χ4n) is 1.74. The maximum atomic E-state index is 9.05. The van der Waals surface area contributed by atoms with Crippen LogP contribution in [0.5, 0.6) is 0 Å². The highest BCUT2D eigenvalue weighted by Crippen LogP contribution is 2.22. The van der Waals surface area contributed by atoms with Crippen LogP contribution in [0, 0.1) is 22.7 Å². The molecule has 0 amide bonds. The second kappa shape index (κ2) is 7.88. The first-order chi connectivity index (χ1) is 9.26. The Morgan fingerprint density at radius 2 is 1.68 bits per heavy atom. The van der Waals surface area contributed by atoms with Gasteiger partial charge in [0.05, 0.1) is 13.2 Å². The Kier molecular flexibility index (Phi) is 6.11. The molecule has 0 saturated heterocycles. The van der Waals surface area contributed by atoms with Gasteiger partial charge in [-0.25, -0.2) is 0 Å². The molecular formula is C14H15N3O2. The van der Waals surface area contributed by atoms with Crippen molar-refractivity contribution in [1.82, 2.24) is 0 Å². The number of rotatable bonds is 6. The van der Waals surface area contributed by atoms with E-state index in [2.05, 4.69) is 0 Å². The number of allylic oxidation sites excluding steroid dienone is 1. The van der Waals surface area contributed by atoms with Crippen LogP contribution in [0.25, 0.3) is 6.08 Å². The lowest BCUT2D eigenvalue weighted by Gasteiger charge is -2.24. The highest BCUT2D eigenvalue weighted by molar-refractivity contribution is 5.72. The topological polar surface area (TPSA) is 91.3 Å². The Hall–Kier alpha value is -2.34. The molecule has 0 aliphatic rings. The number of anilines is 1. The van der Waals surface area contributed by atoms with Gasteiger partial charge in [-0.05, 0) is 17.7 Å². The van der Waals surface area contributed by atoms with Gasteiger partial charge < -0.3 is 15.1 Å². The zero-order chi connectivity index (χ0) is 14.1. The summed E-state index contributed by atoms with van der Waals surface area (Å²) in [6.07, 6.45) is 1.50. The second-order valence-electron chi connectivity index (χ2n) is 3.77. The zero-order valence-corrected chi connectivity index (χ0v) is 10.5. The third-order valence-electron chi connectivity index (χ3n) is 2.56. The average molecular weight is 257 g/mol. The predicted molar refractivity (Wildman–Crippen MR) is 72.0 cm³/mol. The quantitative estimate of drug-likeness (QED) is 0.739. The van der Waals surface area contributed by atoms with Gasteiger partial charge >= 0.3 is 0 Å². The zero-order valence-electron chi connectivity index (χ0n) is 10.5. The summed E-state index contributed by atoms with van der Waals surface area (Å²) in [7, 11) is 0. The number of hydrogen-bond donors (Lipinski definition) is 2. The van der Waals surface area contributed by atoms with Crippen LogP contribution in [0.1, 0.15) is 5.56 Å². The minimum absolute atomic E-state index is 0.0143. The van der Waals surface area contributed by atoms with Gasteiger partial charge in [-0.2, -0.15) is 10.5 Å². The Morgan fingerprint density at radius 3 is 2.21 bits per heavy atom. The van der Waals surface area contributed by atoms with Crippen LogP contribution in [-0.4, -0.2) is 36.5 Å². The minimum atomic E-state index is -0.0403. The molecule has 1 aromatic rings. The van der Waals surface area contributed by atoms with E-state index < -0.39 is 0 Å². The number of para-hydroxylation sites is 1. The van der Waals surface area contributed by atoms with Crippen LogP contribution in [0.4, 0.5) is 5.69 Å². The van der Waals surface area contributed by atoms with E-state index in [1.54, 1.807) is 17.0 Å². The summed E-state index contributed by atoms with van der Waals surface area (Å²) in [5.74, 6) is 0. The number of nitriles is 2. The van der Waals surface area contributed by atoms with Gasteiger partial charge in [-0.1, -0.05) is 18.2 Å². The number of nitrogens with zero attached hydrogens (tertiary/aromatic N) is 3. The Labute approximate surface area is 112 Å². The molecule has 0 fully saturated rings. The van der Waals surface area contributed by atoms with E-state index in [9.17, 15) is 0 Å². The van der Waals surface area contributed by atoms with Gasteiger partial charge in [0, 0.05) is 18.8 Å². The minimum Gasteiger partial charge on any atom is -0.395 e. The molecule has 0 aliphatic heterocycles. The molecule has 0 radical (unpaired) electrons. The lowest BCUT2D eigenvalue weighted by Crippen LogP contribution is -2.30. The molecule has 1 rings (SSSR count). The molecule has 0 atom stereocenters. The van der Waals surface area contributed by atoms with E-state index in [0.717, 1.165) is 5.69 Å². The number of aliphatic hydroxyl groups excluding tert-OH is 2. The van der Waals surface area contributed by atoms with Crippen molar-refractivity contribution in [3.63, 3.8) is 0 Å². The monoisotopic (exact) mass is 257 g/mol. The summed E-state index contributed by atoms with van der Waals surface area (Å²) in [4.78, 5) is 1.80. The van der Waals surface area contributed by atoms with E-state index in [-0.39, 0.29) is 18.8 Å². The van der Waals surface area contributed by atoms with E-state index in [0.29, 0.717) is 18.7 Å². The van der Waals surface area contributed by atoms with Crippen molar-refractivity contribution in [2.24, 2.45) is 0 Å². The summed E-state index contributed by atoms with van der Waals surface area (Å²) in [6.45, 7) is 0.669. The first-order valence-corrected chi connectivity index (χ1v) is 5.84. The first-order valence-electron chi connectivity index (χ1n) is 5.84. The van der Waals surface area contributed by atoms with Gasteiger partial charge in [0.25, 0.3) is 0 Å². The van der Waals surface area contributed by atoms with E-state index in [1.165, 1.54) is 6.08 Å². The summed E-state index contributed by atoms with van der Waals surface area (Å²) >= 11 is 0. The maximum absolute atomic E-state index is 9.05.